The minimum atomic E-state index is -5.39. The molecule has 0 spiro atoms. The lowest BCUT2D eigenvalue weighted by atomic mass is 10.0. The molecule has 3 heterocycles. The van der Waals surface area contributed by atoms with Crippen LogP contribution in [0.2, 0.25) is 0 Å². The Labute approximate surface area is 343 Å². The van der Waals surface area contributed by atoms with E-state index in [0.29, 0.717) is 37.5 Å². The van der Waals surface area contributed by atoms with Gasteiger partial charge in [0.25, 0.3) is 11.8 Å². The number of carbonyl (C=O) groups excluding carboxylic acids is 4. The summed E-state index contributed by atoms with van der Waals surface area (Å²) in [6.07, 6.45) is -10.4. The third kappa shape index (κ3) is 9.19. The van der Waals surface area contributed by atoms with E-state index in [1.54, 1.807) is 12.2 Å². The first-order valence-corrected chi connectivity index (χ1v) is 20.9. The number of aliphatic hydroxyl groups is 1. The van der Waals surface area contributed by atoms with E-state index in [9.17, 15) is 63.4 Å². The molecule has 4 amide bonds. The number of alkyl halides is 6. The van der Waals surface area contributed by atoms with E-state index in [1.165, 1.54) is 19.1 Å². The van der Waals surface area contributed by atoms with Gasteiger partial charge in [0.1, 0.15) is 35.3 Å². The molecule has 4 N–H and O–H groups in total. The summed E-state index contributed by atoms with van der Waals surface area (Å²) in [6, 6.07) is 3.41. The van der Waals surface area contributed by atoms with Crippen LogP contribution in [0.4, 0.5) is 30.7 Å². The second-order valence-electron chi connectivity index (χ2n) is 16.0. The fraction of sp³-hybridized carbons (Fsp3) is 0.513. The number of carbonyl (C=O) groups is 4. The number of benzene rings is 2. The number of sulfonamides is 1. The van der Waals surface area contributed by atoms with Gasteiger partial charge >= 0.3 is 12.5 Å². The largest absolute Gasteiger partial charge is 0.573 e. The van der Waals surface area contributed by atoms with Gasteiger partial charge in [-0.15, -0.1) is 13.2 Å². The number of aliphatic hydroxyl groups excluding tert-OH is 1. The zero-order valence-electron chi connectivity index (χ0n) is 32.2. The van der Waals surface area contributed by atoms with Crippen LogP contribution in [0, 0.1) is 11.7 Å². The van der Waals surface area contributed by atoms with Crippen molar-refractivity contribution >= 4 is 55.3 Å². The fourth-order valence-electron chi connectivity index (χ4n) is 7.72. The highest BCUT2D eigenvalue weighted by molar-refractivity contribution is 7.91. The minimum absolute atomic E-state index is 0.00967. The molecular formula is C39H40F7N5O9S. The van der Waals surface area contributed by atoms with Crippen LogP contribution in [0.3, 0.4) is 0 Å². The molecule has 2 aromatic carbocycles. The molecule has 22 heteroatoms. The van der Waals surface area contributed by atoms with Crippen molar-refractivity contribution in [3.8, 4) is 11.6 Å². The lowest BCUT2D eigenvalue weighted by Gasteiger charge is -2.30. The minimum Gasteiger partial charge on any atom is -0.472 e. The number of amides is 4. The summed E-state index contributed by atoms with van der Waals surface area (Å²) >= 11 is 0. The molecule has 6 atom stereocenters. The summed E-state index contributed by atoms with van der Waals surface area (Å²) in [5, 5.41) is 14.8. The Balaban J connectivity index is 1.26. The second-order valence-corrected chi connectivity index (χ2v) is 18.2. The number of rotatable bonds is 8. The zero-order chi connectivity index (χ0) is 44.3. The zero-order valence-corrected chi connectivity index (χ0v) is 33.1. The molecule has 2 aliphatic carbocycles. The number of allylic oxidation sites excluding steroid dienone is 1. The summed E-state index contributed by atoms with van der Waals surface area (Å²) < 4.78 is 132. The highest BCUT2D eigenvalue weighted by atomic mass is 32.2. The summed E-state index contributed by atoms with van der Waals surface area (Å²) in [7, 11) is -4.19. The van der Waals surface area contributed by atoms with Crippen LogP contribution in [-0.4, -0.2) is 101 Å². The molecule has 2 aliphatic heterocycles. The molecule has 14 nitrogen and oxygen atoms in total. The molecule has 4 aliphatic rings. The molecule has 61 heavy (non-hydrogen) atoms. The van der Waals surface area contributed by atoms with Crippen LogP contribution < -0.4 is 24.8 Å². The Kier molecular flexibility index (Phi) is 11.4. The van der Waals surface area contributed by atoms with E-state index in [2.05, 4.69) is 19.8 Å². The van der Waals surface area contributed by atoms with Crippen molar-refractivity contribution in [2.45, 2.75) is 112 Å². The van der Waals surface area contributed by atoms with Gasteiger partial charge in [0, 0.05) is 29.2 Å². The first kappa shape index (κ1) is 43.8. The molecule has 7 rings (SSSR count). The lowest BCUT2D eigenvalue weighted by molar-refractivity contribution is -0.274. The number of aromatic nitrogens is 1. The van der Waals surface area contributed by atoms with Crippen molar-refractivity contribution in [3.05, 3.63) is 54.4 Å². The van der Waals surface area contributed by atoms with Crippen molar-refractivity contribution in [2.75, 3.05) is 6.54 Å². The van der Waals surface area contributed by atoms with Crippen molar-refractivity contribution in [3.63, 3.8) is 0 Å². The molecular weight excluding hydrogens is 848 g/mol. The van der Waals surface area contributed by atoms with Gasteiger partial charge < -0.3 is 30.1 Å². The Bertz CT molecular complexity index is 2410. The van der Waals surface area contributed by atoms with Gasteiger partial charge in [0.05, 0.1) is 16.8 Å². The molecule has 0 unspecified atom stereocenters. The predicted octanol–water partition coefficient (Wildman–Crippen LogP) is 4.58. The van der Waals surface area contributed by atoms with E-state index in [-0.39, 0.29) is 41.4 Å². The van der Waals surface area contributed by atoms with Crippen LogP contribution >= 0.6 is 0 Å². The number of fused-ring (bicyclic) bond motifs is 5. The average molecular weight is 888 g/mol. The second kappa shape index (κ2) is 15.9. The SMILES string of the molecule is CC1(S(=O)(=O)NC(=O)[C@@]23C[C@H]2/C=C\CCCCC[C@H](NC(=O)[C@H](O)C(F)(F)F)C(=O)N2C[C@H](Oc4nc5cc(F)ccc5c5ccc(OC(F)(F)F)cc45)C[C@H]2C(=O)N3)CC1. The summed E-state index contributed by atoms with van der Waals surface area (Å²) in [5.41, 5.74) is -1.80. The van der Waals surface area contributed by atoms with E-state index < -0.39 is 111 Å². The molecule has 0 radical (unpaired) electrons. The molecule has 1 aromatic heterocycles. The smallest absolute Gasteiger partial charge is 0.472 e. The summed E-state index contributed by atoms with van der Waals surface area (Å²) in [4.78, 5) is 60.5. The molecule has 0 bridgehead atoms. The topological polar surface area (TPSA) is 193 Å². The number of ether oxygens (including phenoxy) is 2. The maximum Gasteiger partial charge on any atom is 0.573 e. The molecule has 1 saturated heterocycles. The lowest BCUT2D eigenvalue weighted by Crippen LogP contribution is -2.59. The first-order chi connectivity index (χ1) is 28.5. The fourth-order valence-corrected chi connectivity index (χ4v) is 9.03. The summed E-state index contributed by atoms with van der Waals surface area (Å²) in [6.45, 7) is 0.919. The van der Waals surface area contributed by atoms with E-state index in [1.807, 2.05) is 5.32 Å². The van der Waals surface area contributed by atoms with Gasteiger partial charge in [-0.2, -0.15) is 13.2 Å². The van der Waals surface area contributed by atoms with Crippen molar-refractivity contribution in [1.82, 2.24) is 25.2 Å². The normalized spacial score (nSPS) is 26.8. The van der Waals surface area contributed by atoms with Crippen LogP contribution in [-0.2, 0) is 29.2 Å². The van der Waals surface area contributed by atoms with Crippen molar-refractivity contribution < 1.29 is 72.9 Å². The number of halogens is 7. The quantitative estimate of drug-likeness (QED) is 0.142. The highest BCUT2D eigenvalue weighted by Gasteiger charge is 2.63. The maximum absolute atomic E-state index is 14.4. The Morgan fingerprint density at radius 2 is 1.74 bits per heavy atom. The van der Waals surface area contributed by atoms with Crippen LogP contribution in [0.15, 0.2) is 48.6 Å². The predicted molar refractivity (Wildman–Crippen MR) is 200 cm³/mol. The van der Waals surface area contributed by atoms with Gasteiger partial charge in [-0.3, -0.25) is 23.9 Å². The highest BCUT2D eigenvalue weighted by Crippen LogP contribution is 2.48. The number of nitrogens with one attached hydrogen (secondary N) is 3. The molecule has 3 aromatic rings. The third-order valence-electron chi connectivity index (χ3n) is 11.6. The van der Waals surface area contributed by atoms with Crippen LogP contribution in [0.1, 0.15) is 64.7 Å². The number of nitrogens with zero attached hydrogens (tertiary/aromatic N) is 2. The summed E-state index contributed by atoms with van der Waals surface area (Å²) in [5.74, 6) is -7.48. The van der Waals surface area contributed by atoms with Crippen LogP contribution in [0.5, 0.6) is 11.6 Å². The average Bonchev–Trinajstić information content (AvgIpc) is 4.05. The standard InChI is InChI=1S/C39H40F7N5O9S/c1-36(13-14-36)61(57,58)50-35(56)37-18-20(37)7-5-3-2-4-6-8-27(47-32(54)30(52)38(41,42)43)34(55)51-19-23(17-29(51)31(53)49-37)59-33-26-16-22(60-39(44,45)46)10-12-24(26)25-11-9-21(40)15-28(25)48-33/h5,7,9-12,15-16,20,23,27,29-30,52H,2-4,6,8,13-14,17-19H2,1H3,(H,47,54)(H,49,53)(H,50,56)/b7-5-/t20-,23-,27+,29+,30+,37-/m1/s1. The van der Waals surface area contributed by atoms with Gasteiger partial charge in [0.2, 0.25) is 33.8 Å². The van der Waals surface area contributed by atoms with Gasteiger partial charge in [-0.05, 0) is 81.2 Å². The monoisotopic (exact) mass is 887 g/mol. The number of hydrogen-bond donors (Lipinski definition) is 4. The van der Waals surface area contributed by atoms with Crippen LogP contribution in [0.25, 0.3) is 21.7 Å². The molecule has 330 valence electrons. The Morgan fingerprint density at radius 3 is 2.43 bits per heavy atom. The molecule has 2 saturated carbocycles. The van der Waals surface area contributed by atoms with Gasteiger partial charge in [-0.1, -0.05) is 25.0 Å². The Hall–Kier alpha value is -5.25. The van der Waals surface area contributed by atoms with E-state index >= 15 is 0 Å². The van der Waals surface area contributed by atoms with E-state index in [0.717, 1.165) is 29.2 Å². The van der Waals surface area contributed by atoms with Gasteiger partial charge in [0.15, 0.2) is 0 Å². The number of pyridine rings is 1. The Morgan fingerprint density at radius 1 is 1.02 bits per heavy atom. The molecule has 3 fully saturated rings. The first-order valence-electron chi connectivity index (χ1n) is 19.4. The van der Waals surface area contributed by atoms with Crippen molar-refractivity contribution in [2.24, 2.45) is 5.92 Å². The van der Waals surface area contributed by atoms with E-state index in [4.69, 9.17) is 4.74 Å². The van der Waals surface area contributed by atoms with Gasteiger partial charge in [-0.25, -0.2) is 17.8 Å². The van der Waals surface area contributed by atoms with Crippen molar-refractivity contribution in [1.29, 1.82) is 0 Å². The number of hydrogen-bond acceptors (Lipinski definition) is 10. The third-order valence-corrected chi connectivity index (χ3v) is 13.7. The maximum atomic E-state index is 14.4.